The molecule has 0 saturated heterocycles. The minimum atomic E-state index is -4.65. The Morgan fingerprint density at radius 2 is 2.00 bits per heavy atom. The van der Waals surface area contributed by atoms with Gasteiger partial charge in [0.2, 0.25) is 0 Å². The highest BCUT2D eigenvalue weighted by atomic mass is 127. The van der Waals surface area contributed by atoms with Crippen LogP contribution in [0.4, 0.5) is 23.2 Å². The topological polar surface area (TPSA) is 32.3 Å². The van der Waals surface area contributed by atoms with Gasteiger partial charge in [0.25, 0.3) is 0 Å². The number of benzene rings is 1. The van der Waals surface area contributed by atoms with Gasteiger partial charge in [-0.05, 0) is 40.8 Å². The number of hydrogen-bond donors (Lipinski definition) is 2. The molecule has 0 radical (unpaired) electrons. The van der Waals surface area contributed by atoms with Crippen LogP contribution in [-0.4, -0.2) is 23.9 Å². The van der Waals surface area contributed by atoms with Gasteiger partial charge < -0.3 is 10.4 Å². The Hall–Kier alpha value is -0.570. The molecule has 0 bridgehead atoms. The lowest BCUT2D eigenvalue weighted by Crippen LogP contribution is -2.35. The second-order valence-electron chi connectivity index (χ2n) is 3.06. The lowest BCUT2D eigenvalue weighted by atomic mass is 10.3. The monoisotopic (exact) mass is 349 g/mol. The van der Waals surface area contributed by atoms with E-state index in [1.807, 2.05) is 0 Å². The number of nitrogens with one attached hydrogen (secondary N) is 1. The van der Waals surface area contributed by atoms with Crippen molar-refractivity contribution in [1.29, 1.82) is 0 Å². The highest BCUT2D eigenvalue weighted by Gasteiger charge is 2.37. The van der Waals surface area contributed by atoms with E-state index >= 15 is 0 Å². The molecule has 0 amide bonds. The van der Waals surface area contributed by atoms with E-state index in [0.717, 1.165) is 6.07 Å². The fraction of sp³-hybridized carbons (Fsp3) is 0.333. The Morgan fingerprint density at radius 3 is 2.50 bits per heavy atom. The van der Waals surface area contributed by atoms with Crippen LogP contribution in [0, 0.1) is 9.39 Å². The third kappa shape index (κ3) is 3.78. The fourth-order valence-corrected chi connectivity index (χ4v) is 1.62. The first-order chi connectivity index (χ1) is 7.30. The van der Waals surface area contributed by atoms with E-state index in [0.29, 0.717) is 9.26 Å². The zero-order chi connectivity index (χ0) is 12.3. The van der Waals surface area contributed by atoms with Gasteiger partial charge in [-0.25, -0.2) is 4.39 Å². The summed E-state index contributed by atoms with van der Waals surface area (Å²) in [6.07, 6.45) is -7.09. The Bertz CT molecular complexity index is 369. The van der Waals surface area contributed by atoms with Gasteiger partial charge >= 0.3 is 6.18 Å². The van der Waals surface area contributed by atoms with Crippen LogP contribution in [0.5, 0.6) is 0 Å². The number of hydrogen-bond acceptors (Lipinski definition) is 2. The molecule has 0 spiro atoms. The van der Waals surface area contributed by atoms with Crippen LogP contribution in [0.25, 0.3) is 0 Å². The van der Waals surface area contributed by atoms with Crippen LogP contribution in [-0.2, 0) is 0 Å². The van der Waals surface area contributed by atoms with Crippen molar-refractivity contribution in [3.8, 4) is 0 Å². The highest BCUT2D eigenvalue weighted by Crippen LogP contribution is 2.22. The van der Waals surface area contributed by atoms with Crippen molar-refractivity contribution in [2.75, 3.05) is 11.9 Å². The molecule has 0 fully saturated rings. The maximum Gasteiger partial charge on any atom is 0.416 e. The summed E-state index contributed by atoms with van der Waals surface area (Å²) < 4.78 is 49.0. The van der Waals surface area contributed by atoms with E-state index in [2.05, 4.69) is 5.32 Å². The van der Waals surface area contributed by atoms with E-state index in [-0.39, 0.29) is 0 Å². The summed E-state index contributed by atoms with van der Waals surface area (Å²) in [4.78, 5) is 0. The smallest absolute Gasteiger partial charge is 0.382 e. The summed E-state index contributed by atoms with van der Waals surface area (Å²) in [6.45, 7) is -0.662. The predicted octanol–water partition coefficient (Wildman–Crippen LogP) is 2.77. The Balaban J connectivity index is 2.62. The molecule has 7 heteroatoms. The van der Waals surface area contributed by atoms with E-state index in [4.69, 9.17) is 5.11 Å². The molecule has 1 unspecified atom stereocenters. The number of aliphatic hydroxyl groups is 1. The lowest BCUT2D eigenvalue weighted by Gasteiger charge is -2.16. The molecule has 2 N–H and O–H groups in total. The summed E-state index contributed by atoms with van der Waals surface area (Å²) in [7, 11) is 0. The molecule has 0 saturated carbocycles. The first-order valence-corrected chi connectivity index (χ1v) is 5.32. The van der Waals surface area contributed by atoms with E-state index in [1.54, 1.807) is 22.6 Å². The first kappa shape index (κ1) is 13.5. The molecule has 90 valence electrons. The minimum absolute atomic E-state index is 0.352. The summed E-state index contributed by atoms with van der Waals surface area (Å²) in [5.41, 5.74) is 0.352. The minimum Gasteiger partial charge on any atom is -0.382 e. The second kappa shape index (κ2) is 5.17. The van der Waals surface area contributed by atoms with Crippen LogP contribution in [0.2, 0.25) is 0 Å². The van der Waals surface area contributed by atoms with Gasteiger partial charge in [0.1, 0.15) is 5.82 Å². The molecule has 1 atom stereocenters. The van der Waals surface area contributed by atoms with Crippen molar-refractivity contribution >= 4 is 28.3 Å². The summed E-state index contributed by atoms with van der Waals surface area (Å²) in [5, 5.41) is 11.1. The maximum absolute atomic E-state index is 12.7. The molecule has 1 rings (SSSR count). The van der Waals surface area contributed by atoms with Crippen LogP contribution < -0.4 is 5.32 Å². The van der Waals surface area contributed by atoms with Gasteiger partial charge in [-0.15, -0.1) is 0 Å². The van der Waals surface area contributed by atoms with Crippen molar-refractivity contribution in [1.82, 2.24) is 0 Å². The zero-order valence-corrected chi connectivity index (χ0v) is 10.0. The van der Waals surface area contributed by atoms with Crippen LogP contribution >= 0.6 is 22.6 Å². The number of rotatable bonds is 3. The van der Waals surface area contributed by atoms with E-state index in [9.17, 15) is 17.6 Å². The van der Waals surface area contributed by atoms with Gasteiger partial charge in [0.05, 0.1) is 0 Å². The van der Waals surface area contributed by atoms with Crippen LogP contribution in [0.1, 0.15) is 0 Å². The van der Waals surface area contributed by atoms with Gasteiger partial charge in [0, 0.05) is 15.8 Å². The summed E-state index contributed by atoms with van der Waals surface area (Å²) in [6, 6.07) is 3.63. The van der Waals surface area contributed by atoms with Gasteiger partial charge in [-0.3, -0.25) is 0 Å². The van der Waals surface area contributed by atoms with Crippen molar-refractivity contribution in [2.24, 2.45) is 0 Å². The molecule has 0 heterocycles. The van der Waals surface area contributed by atoms with Crippen molar-refractivity contribution in [2.45, 2.75) is 12.3 Å². The third-order valence-electron chi connectivity index (χ3n) is 1.79. The van der Waals surface area contributed by atoms with Crippen LogP contribution in [0.15, 0.2) is 18.2 Å². The number of anilines is 1. The van der Waals surface area contributed by atoms with E-state index < -0.39 is 24.6 Å². The average molecular weight is 349 g/mol. The number of aliphatic hydroxyl groups excluding tert-OH is 1. The molecular weight excluding hydrogens is 341 g/mol. The zero-order valence-electron chi connectivity index (χ0n) is 7.85. The Kier molecular flexibility index (Phi) is 4.36. The molecular formula is C9H8F4INO. The van der Waals surface area contributed by atoms with Gasteiger partial charge in [-0.2, -0.15) is 13.2 Å². The Labute approximate surface area is 103 Å². The van der Waals surface area contributed by atoms with Gasteiger partial charge in [-0.1, -0.05) is 0 Å². The van der Waals surface area contributed by atoms with Crippen molar-refractivity contribution in [3.63, 3.8) is 0 Å². The molecule has 0 aliphatic rings. The summed E-state index contributed by atoms with van der Waals surface area (Å²) >= 11 is 1.79. The molecule has 1 aromatic rings. The average Bonchev–Trinajstić information content (AvgIpc) is 2.14. The summed E-state index contributed by atoms with van der Waals surface area (Å²) in [5.74, 6) is -0.466. The number of alkyl halides is 3. The molecule has 16 heavy (non-hydrogen) atoms. The normalized spacial score (nSPS) is 13.6. The standard InChI is InChI=1S/C9H8F4INO/c10-5-1-2-7(6(14)3-5)15-4-8(16)9(11,12)13/h1-3,8,15-16H,4H2. The Morgan fingerprint density at radius 1 is 1.38 bits per heavy atom. The van der Waals surface area contributed by atoms with E-state index in [1.165, 1.54) is 12.1 Å². The first-order valence-electron chi connectivity index (χ1n) is 4.24. The highest BCUT2D eigenvalue weighted by molar-refractivity contribution is 14.1. The second-order valence-corrected chi connectivity index (χ2v) is 4.22. The molecule has 1 aromatic carbocycles. The fourth-order valence-electron chi connectivity index (χ4n) is 0.955. The largest absolute Gasteiger partial charge is 0.416 e. The molecule has 0 aromatic heterocycles. The SMILES string of the molecule is OC(CNc1ccc(F)cc1I)C(F)(F)F. The third-order valence-corrected chi connectivity index (χ3v) is 2.69. The van der Waals surface area contributed by atoms with Crippen molar-refractivity contribution in [3.05, 3.63) is 27.6 Å². The van der Waals surface area contributed by atoms with Crippen molar-refractivity contribution < 1.29 is 22.7 Å². The van der Waals surface area contributed by atoms with Crippen LogP contribution in [0.3, 0.4) is 0 Å². The lowest BCUT2D eigenvalue weighted by molar-refractivity contribution is -0.198. The predicted molar refractivity (Wildman–Crippen MR) is 59.7 cm³/mol. The maximum atomic E-state index is 12.7. The number of halogens is 5. The van der Waals surface area contributed by atoms with Gasteiger partial charge in [0.15, 0.2) is 6.10 Å². The quantitative estimate of drug-likeness (QED) is 0.650. The molecule has 2 nitrogen and oxygen atoms in total. The molecule has 0 aliphatic heterocycles. The molecule has 0 aliphatic carbocycles.